The lowest BCUT2D eigenvalue weighted by molar-refractivity contribution is 0.166. The second-order valence-corrected chi connectivity index (χ2v) is 5.00. The van der Waals surface area contributed by atoms with Crippen LogP contribution in [0.3, 0.4) is 0 Å². The zero-order chi connectivity index (χ0) is 13.0. The average Bonchev–Trinajstić information content (AvgIpc) is 2.90. The first-order chi connectivity index (χ1) is 8.68. The molecule has 1 heterocycles. The summed E-state index contributed by atoms with van der Waals surface area (Å²) in [6.45, 7) is 2.36. The molecule has 0 aliphatic rings. The third-order valence-corrected chi connectivity index (χ3v) is 3.63. The monoisotopic (exact) mass is 265 g/mol. The third kappa shape index (κ3) is 3.16. The lowest BCUT2D eigenvalue weighted by Gasteiger charge is -2.17. The van der Waals surface area contributed by atoms with Gasteiger partial charge >= 0.3 is 0 Å². The first-order valence-electron chi connectivity index (χ1n) is 5.86. The van der Waals surface area contributed by atoms with Gasteiger partial charge in [-0.3, -0.25) is 0 Å². The molecule has 0 bridgehead atoms. The van der Waals surface area contributed by atoms with E-state index in [0.29, 0.717) is 12.1 Å². The van der Waals surface area contributed by atoms with Gasteiger partial charge in [-0.05, 0) is 35.4 Å². The first-order valence-corrected chi connectivity index (χ1v) is 6.80. The highest BCUT2D eigenvalue weighted by molar-refractivity contribution is 7.07. The van der Waals surface area contributed by atoms with Crippen molar-refractivity contribution in [3.63, 3.8) is 0 Å². The standard InChI is InChI=1S/C14H16FNOS/c1-10(11-6-7-18-9-11)16-8-14(17)12-4-2-3-5-13(12)15/h2-7,9-10,14,16-17H,8H2,1H3. The second kappa shape index (κ2) is 6.09. The van der Waals surface area contributed by atoms with Crippen LogP contribution in [0.2, 0.25) is 0 Å². The normalized spacial score (nSPS) is 14.4. The molecule has 2 rings (SSSR count). The van der Waals surface area contributed by atoms with Gasteiger partial charge in [0.15, 0.2) is 0 Å². The molecule has 0 saturated heterocycles. The third-order valence-electron chi connectivity index (χ3n) is 2.92. The number of halogens is 1. The zero-order valence-corrected chi connectivity index (χ0v) is 11.0. The van der Waals surface area contributed by atoms with E-state index in [1.54, 1.807) is 29.5 Å². The van der Waals surface area contributed by atoms with Gasteiger partial charge in [0.1, 0.15) is 5.82 Å². The van der Waals surface area contributed by atoms with Crippen molar-refractivity contribution in [1.82, 2.24) is 5.32 Å². The average molecular weight is 265 g/mol. The predicted octanol–water partition coefficient (Wildman–Crippen LogP) is 3.27. The molecule has 2 nitrogen and oxygen atoms in total. The summed E-state index contributed by atoms with van der Waals surface area (Å²) in [7, 11) is 0. The fraction of sp³-hybridized carbons (Fsp3) is 0.286. The molecule has 96 valence electrons. The number of aliphatic hydroxyl groups excluding tert-OH is 1. The summed E-state index contributed by atoms with van der Waals surface area (Å²) in [6, 6.07) is 8.50. The minimum absolute atomic E-state index is 0.151. The highest BCUT2D eigenvalue weighted by atomic mass is 32.1. The van der Waals surface area contributed by atoms with E-state index < -0.39 is 6.10 Å². The molecule has 2 unspecified atom stereocenters. The lowest BCUT2D eigenvalue weighted by atomic mass is 10.1. The summed E-state index contributed by atoms with van der Waals surface area (Å²) in [4.78, 5) is 0. The maximum absolute atomic E-state index is 13.5. The number of hydrogen-bond acceptors (Lipinski definition) is 3. The van der Waals surface area contributed by atoms with Gasteiger partial charge < -0.3 is 10.4 Å². The minimum Gasteiger partial charge on any atom is -0.387 e. The molecule has 1 aromatic heterocycles. The molecule has 0 aliphatic carbocycles. The van der Waals surface area contributed by atoms with E-state index in [9.17, 15) is 9.50 Å². The molecule has 18 heavy (non-hydrogen) atoms. The van der Waals surface area contributed by atoms with Crippen molar-refractivity contribution in [2.24, 2.45) is 0 Å². The number of nitrogens with one attached hydrogen (secondary N) is 1. The summed E-state index contributed by atoms with van der Waals surface area (Å²) in [5, 5.41) is 17.2. The summed E-state index contributed by atoms with van der Waals surface area (Å²) < 4.78 is 13.5. The van der Waals surface area contributed by atoms with Gasteiger partial charge in [0, 0.05) is 18.2 Å². The Hall–Kier alpha value is -1.23. The molecule has 0 radical (unpaired) electrons. The van der Waals surface area contributed by atoms with Gasteiger partial charge in [-0.1, -0.05) is 18.2 Å². The number of aliphatic hydroxyl groups is 1. The Kier molecular flexibility index (Phi) is 4.47. The van der Waals surface area contributed by atoms with E-state index in [1.165, 1.54) is 11.6 Å². The van der Waals surface area contributed by atoms with E-state index in [1.807, 2.05) is 18.4 Å². The van der Waals surface area contributed by atoms with Crippen LogP contribution in [0.1, 0.15) is 30.2 Å². The summed E-state index contributed by atoms with van der Waals surface area (Å²) in [6.07, 6.45) is -0.827. The molecule has 1 aromatic carbocycles. The predicted molar refractivity (Wildman–Crippen MR) is 72.1 cm³/mol. The second-order valence-electron chi connectivity index (χ2n) is 4.22. The van der Waals surface area contributed by atoms with Crippen LogP contribution >= 0.6 is 11.3 Å². The Morgan fingerprint density at radius 1 is 1.33 bits per heavy atom. The molecular weight excluding hydrogens is 249 g/mol. The lowest BCUT2D eigenvalue weighted by Crippen LogP contribution is -2.24. The number of hydrogen-bond donors (Lipinski definition) is 2. The van der Waals surface area contributed by atoms with Gasteiger partial charge in [0.25, 0.3) is 0 Å². The largest absolute Gasteiger partial charge is 0.387 e. The van der Waals surface area contributed by atoms with Crippen LogP contribution in [0.5, 0.6) is 0 Å². The maximum atomic E-state index is 13.5. The fourth-order valence-electron chi connectivity index (χ4n) is 1.78. The van der Waals surface area contributed by atoms with Crippen LogP contribution < -0.4 is 5.32 Å². The molecule has 0 aliphatic heterocycles. The zero-order valence-electron chi connectivity index (χ0n) is 10.1. The number of thiophene rings is 1. The van der Waals surface area contributed by atoms with Crippen molar-refractivity contribution < 1.29 is 9.50 Å². The van der Waals surface area contributed by atoms with Crippen LogP contribution in [0.25, 0.3) is 0 Å². The molecular formula is C14H16FNOS. The smallest absolute Gasteiger partial charge is 0.129 e. The Labute approximate surface area is 110 Å². The van der Waals surface area contributed by atoms with E-state index in [2.05, 4.69) is 10.7 Å². The van der Waals surface area contributed by atoms with Crippen LogP contribution in [0.4, 0.5) is 4.39 Å². The fourth-order valence-corrected chi connectivity index (χ4v) is 2.54. The Balaban J connectivity index is 1.93. The quantitative estimate of drug-likeness (QED) is 0.869. The summed E-state index contributed by atoms with van der Waals surface area (Å²) in [5.41, 5.74) is 1.52. The Morgan fingerprint density at radius 2 is 2.11 bits per heavy atom. The van der Waals surface area contributed by atoms with Crippen molar-refractivity contribution in [1.29, 1.82) is 0 Å². The van der Waals surface area contributed by atoms with Gasteiger partial charge in [-0.2, -0.15) is 11.3 Å². The van der Waals surface area contributed by atoms with Gasteiger partial charge in [-0.25, -0.2) is 4.39 Å². The SMILES string of the molecule is CC(NCC(O)c1ccccc1F)c1ccsc1. The molecule has 0 amide bonds. The first kappa shape index (κ1) is 13.2. The molecule has 2 aromatic rings. The highest BCUT2D eigenvalue weighted by Crippen LogP contribution is 2.19. The number of benzene rings is 1. The van der Waals surface area contributed by atoms with Crippen LogP contribution in [0, 0.1) is 5.82 Å². The maximum Gasteiger partial charge on any atom is 0.129 e. The Bertz CT molecular complexity index is 486. The minimum atomic E-state index is -0.827. The molecule has 4 heteroatoms. The van der Waals surface area contributed by atoms with E-state index in [-0.39, 0.29) is 11.9 Å². The molecule has 0 fully saturated rings. The summed E-state index contributed by atoms with van der Waals surface area (Å²) >= 11 is 1.64. The van der Waals surface area contributed by atoms with Crippen LogP contribution in [-0.2, 0) is 0 Å². The highest BCUT2D eigenvalue weighted by Gasteiger charge is 2.13. The van der Waals surface area contributed by atoms with Crippen molar-refractivity contribution in [3.8, 4) is 0 Å². The summed E-state index contributed by atoms with van der Waals surface area (Å²) in [5.74, 6) is -0.366. The topological polar surface area (TPSA) is 32.3 Å². The molecule has 2 N–H and O–H groups in total. The molecule has 0 saturated carbocycles. The van der Waals surface area contributed by atoms with E-state index >= 15 is 0 Å². The van der Waals surface area contributed by atoms with E-state index in [0.717, 1.165) is 0 Å². The van der Waals surface area contributed by atoms with Crippen molar-refractivity contribution >= 4 is 11.3 Å². The van der Waals surface area contributed by atoms with Gasteiger partial charge in [0.05, 0.1) is 6.10 Å². The van der Waals surface area contributed by atoms with Gasteiger partial charge in [0.2, 0.25) is 0 Å². The van der Waals surface area contributed by atoms with Crippen molar-refractivity contribution in [3.05, 3.63) is 58.0 Å². The Morgan fingerprint density at radius 3 is 2.78 bits per heavy atom. The van der Waals surface area contributed by atoms with E-state index in [4.69, 9.17) is 0 Å². The molecule has 0 spiro atoms. The van der Waals surface area contributed by atoms with Crippen molar-refractivity contribution in [2.45, 2.75) is 19.1 Å². The molecule has 2 atom stereocenters. The van der Waals surface area contributed by atoms with Gasteiger partial charge in [-0.15, -0.1) is 0 Å². The van der Waals surface area contributed by atoms with Crippen LogP contribution in [-0.4, -0.2) is 11.7 Å². The van der Waals surface area contributed by atoms with Crippen LogP contribution in [0.15, 0.2) is 41.1 Å². The number of rotatable bonds is 5. The van der Waals surface area contributed by atoms with Crippen molar-refractivity contribution in [2.75, 3.05) is 6.54 Å².